The molecule has 0 saturated carbocycles. The first-order valence-corrected chi connectivity index (χ1v) is 8.09. The van der Waals surface area contributed by atoms with Crippen LogP contribution in [0.1, 0.15) is 24.8 Å². The molecule has 1 aromatic rings. The molecule has 120 valence electrons. The van der Waals surface area contributed by atoms with E-state index in [0.29, 0.717) is 19.8 Å². The highest BCUT2D eigenvalue weighted by Crippen LogP contribution is 2.19. The first-order valence-electron chi connectivity index (χ1n) is 8.09. The molecule has 2 heterocycles. The summed E-state index contributed by atoms with van der Waals surface area (Å²) in [5.74, 6) is 0.855. The van der Waals surface area contributed by atoms with E-state index < -0.39 is 0 Å². The number of para-hydroxylation sites is 1. The molecule has 3 rings (SSSR count). The average molecular weight is 304 g/mol. The zero-order valence-electron chi connectivity index (χ0n) is 13.2. The number of benzene rings is 1. The third-order valence-corrected chi connectivity index (χ3v) is 4.29. The fourth-order valence-electron chi connectivity index (χ4n) is 3.02. The van der Waals surface area contributed by atoms with Crippen LogP contribution in [0.2, 0.25) is 0 Å². The van der Waals surface area contributed by atoms with Crippen LogP contribution in [0.3, 0.4) is 0 Å². The molecule has 22 heavy (non-hydrogen) atoms. The van der Waals surface area contributed by atoms with Gasteiger partial charge in [0.25, 0.3) is 0 Å². The third kappa shape index (κ3) is 3.71. The summed E-state index contributed by atoms with van der Waals surface area (Å²) in [4.78, 5) is 16.1. The van der Waals surface area contributed by atoms with E-state index in [0.717, 1.165) is 24.4 Å². The summed E-state index contributed by atoms with van der Waals surface area (Å²) < 4.78 is 11.2. The Bertz CT molecular complexity index is 514. The summed E-state index contributed by atoms with van der Waals surface area (Å²) in [6.45, 7) is 5.87. The number of rotatable bonds is 5. The maximum absolute atomic E-state index is 12.0. The molecule has 0 bridgehead atoms. The monoisotopic (exact) mass is 304 g/mol. The van der Waals surface area contributed by atoms with Crippen LogP contribution in [-0.2, 0) is 4.74 Å². The first kappa shape index (κ1) is 15.2. The zero-order chi connectivity index (χ0) is 15.4. The SMILES string of the molecule is Cc1ccccc1OCC1CN(CN2CCCCC2)C(=O)O1. The van der Waals surface area contributed by atoms with E-state index in [-0.39, 0.29) is 12.2 Å². The Labute approximate surface area is 131 Å². The Morgan fingerprint density at radius 2 is 2.00 bits per heavy atom. The van der Waals surface area contributed by atoms with Crippen molar-refractivity contribution >= 4 is 6.09 Å². The number of nitrogens with zero attached hydrogens (tertiary/aromatic N) is 2. The molecule has 5 heteroatoms. The molecular weight excluding hydrogens is 280 g/mol. The molecule has 0 N–H and O–H groups in total. The summed E-state index contributed by atoms with van der Waals surface area (Å²) in [5.41, 5.74) is 1.09. The lowest BCUT2D eigenvalue weighted by Gasteiger charge is -2.29. The number of hydrogen-bond donors (Lipinski definition) is 0. The molecule has 1 aromatic carbocycles. The summed E-state index contributed by atoms with van der Waals surface area (Å²) in [7, 11) is 0. The van der Waals surface area contributed by atoms with E-state index >= 15 is 0 Å². The molecule has 5 nitrogen and oxygen atoms in total. The number of piperidine rings is 1. The zero-order valence-corrected chi connectivity index (χ0v) is 13.2. The number of carbonyl (C=O) groups is 1. The Balaban J connectivity index is 1.48. The minimum Gasteiger partial charge on any atom is -0.489 e. The van der Waals surface area contributed by atoms with Crippen molar-refractivity contribution in [3.63, 3.8) is 0 Å². The lowest BCUT2D eigenvalue weighted by molar-refractivity contribution is 0.0981. The second-order valence-electron chi connectivity index (χ2n) is 6.12. The van der Waals surface area contributed by atoms with Crippen LogP contribution < -0.4 is 4.74 Å². The van der Waals surface area contributed by atoms with Crippen molar-refractivity contribution in [1.29, 1.82) is 0 Å². The topological polar surface area (TPSA) is 42.0 Å². The number of amides is 1. The maximum Gasteiger partial charge on any atom is 0.411 e. The van der Waals surface area contributed by atoms with Gasteiger partial charge in [0.15, 0.2) is 6.10 Å². The van der Waals surface area contributed by atoms with Crippen LogP contribution >= 0.6 is 0 Å². The molecule has 1 atom stereocenters. The molecule has 2 aliphatic heterocycles. The molecule has 2 aliphatic rings. The molecule has 0 aromatic heterocycles. The number of hydrogen-bond acceptors (Lipinski definition) is 4. The van der Waals surface area contributed by atoms with Crippen molar-refractivity contribution in [2.75, 3.05) is 32.9 Å². The number of ether oxygens (including phenoxy) is 2. The predicted molar refractivity (Wildman–Crippen MR) is 83.9 cm³/mol. The Kier molecular flexibility index (Phi) is 4.83. The van der Waals surface area contributed by atoms with Crippen LogP contribution in [-0.4, -0.2) is 54.9 Å². The largest absolute Gasteiger partial charge is 0.489 e. The predicted octanol–water partition coefficient (Wildman–Crippen LogP) is 2.64. The van der Waals surface area contributed by atoms with E-state index in [1.807, 2.05) is 31.2 Å². The third-order valence-electron chi connectivity index (χ3n) is 4.29. The molecule has 2 saturated heterocycles. The van der Waals surface area contributed by atoms with E-state index in [9.17, 15) is 4.79 Å². The number of aryl methyl sites for hydroxylation is 1. The molecular formula is C17H24N2O3. The summed E-state index contributed by atoms with van der Waals surface area (Å²) in [6.07, 6.45) is 3.35. The minimum atomic E-state index is -0.219. The van der Waals surface area contributed by atoms with E-state index in [2.05, 4.69) is 4.90 Å². The lowest BCUT2D eigenvalue weighted by Crippen LogP contribution is -2.41. The van der Waals surface area contributed by atoms with Crippen LogP contribution in [0.5, 0.6) is 5.75 Å². The van der Waals surface area contributed by atoms with Crippen LogP contribution in [0.4, 0.5) is 4.79 Å². The molecule has 1 amide bonds. The first-order chi connectivity index (χ1) is 10.7. The molecule has 0 spiro atoms. The Morgan fingerprint density at radius 1 is 1.23 bits per heavy atom. The number of carbonyl (C=O) groups excluding carboxylic acids is 1. The average Bonchev–Trinajstić information content (AvgIpc) is 2.88. The molecule has 0 radical (unpaired) electrons. The van der Waals surface area contributed by atoms with Gasteiger partial charge in [0.05, 0.1) is 13.2 Å². The smallest absolute Gasteiger partial charge is 0.411 e. The fourth-order valence-corrected chi connectivity index (χ4v) is 3.02. The van der Waals surface area contributed by atoms with Crippen molar-refractivity contribution in [3.05, 3.63) is 29.8 Å². The highest BCUT2D eigenvalue weighted by molar-refractivity contribution is 5.69. The number of likely N-dealkylation sites (tertiary alicyclic amines) is 1. The van der Waals surface area contributed by atoms with Crippen molar-refractivity contribution in [1.82, 2.24) is 9.80 Å². The fraction of sp³-hybridized carbons (Fsp3) is 0.588. The van der Waals surface area contributed by atoms with Crippen molar-refractivity contribution in [2.24, 2.45) is 0 Å². The van der Waals surface area contributed by atoms with Gasteiger partial charge in [-0.1, -0.05) is 24.6 Å². The van der Waals surface area contributed by atoms with Crippen LogP contribution in [0.25, 0.3) is 0 Å². The quantitative estimate of drug-likeness (QED) is 0.838. The van der Waals surface area contributed by atoms with E-state index in [1.165, 1.54) is 19.3 Å². The van der Waals surface area contributed by atoms with Gasteiger partial charge in [0, 0.05) is 0 Å². The van der Waals surface area contributed by atoms with E-state index in [1.54, 1.807) is 4.90 Å². The second kappa shape index (κ2) is 7.01. The van der Waals surface area contributed by atoms with Crippen molar-refractivity contribution in [2.45, 2.75) is 32.3 Å². The summed E-state index contributed by atoms with van der Waals surface area (Å²) >= 11 is 0. The van der Waals surface area contributed by atoms with Crippen molar-refractivity contribution in [3.8, 4) is 5.75 Å². The van der Waals surface area contributed by atoms with Gasteiger partial charge in [-0.05, 0) is 44.5 Å². The van der Waals surface area contributed by atoms with Gasteiger partial charge in [0.1, 0.15) is 12.4 Å². The van der Waals surface area contributed by atoms with Crippen LogP contribution in [0, 0.1) is 6.92 Å². The Morgan fingerprint density at radius 3 is 2.77 bits per heavy atom. The summed E-state index contributed by atoms with van der Waals surface area (Å²) in [6, 6.07) is 7.89. The van der Waals surface area contributed by atoms with Gasteiger partial charge in [0.2, 0.25) is 0 Å². The Hall–Kier alpha value is -1.75. The van der Waals surface area contributed by atoms with Gasteiger partial charge < -0.3 is 9.47 Å². The van der Waals surface area contributed by atoms with E-state index in [4.69, 9.17) is 9.47 Å². The van der Waals surface area contributed by atoms with Gasteiger partial charge >= 0.3 is 6.09 Å². The maximum atomic E-state index is 12.0. The van der Waals surface area contributed by atoms with Gasteiger partial charge in [-0.25, -0.2) is 4.79 Å². The van der Waals surface area contributed by atoms with Gasteiger partial charge in [-0.3, -0.25) is 9.80 Å². The number of cyclic esters (lactones) is 1. The van der Waals surface area contributed by atoms with Gasteiger partial charge in [-0.2, -0.15) is 0 Å². The van der Waals surface area contributed by atoms with Crippen molar-refractivity contribution < 1.29 is 14.3 Å². The highest BCUT2D eigenvalue weighted by atomic mass is 16.6. The minimum absolute atomic E-state index is 0.183. The molecule has 2 fully saturated rings. The molecule has 0 aliphatic carbocycles. The standard InChI is InChI=1S/C17H24N2O3/c1-14-7-3-4-8-16(14)21-12-15-11-19(17(20)22-15)13-18-9-5-2-6-10-18/h3-4,7-8,15H,2,5-6,9-13H2,1H3. The normalized spacial score (nSPS) is 22.7. The van der Waals surface area contributed by atoms with Crippen LogP contribution in [0.15, 0.2) is 24.3 Å². The van der Waals surface area contributed by atoms with Gasteiger partial charge in [-0.15, -0.1) is 0 Å². The highest BCUT2D eigenvalue weighted by Gasteiger charge is 2.32. The lowest BCUT2D eigenvalue weighted by atomic mass is 10.1. The summed E-state index contributed by atoms with van der Waals surface area (Å²) in [5, 5.41) is 0. The second-order valence-corrected chi connectivity index (χ2v) is 6.12. The molecule has 1 unspecified atom stereocenters.